The topological polar surface area (TPSA) is 84.3 Å². The maximum Gasteiger partial charge on any atom is 0.252 e. The first kappa shape index (κ1) is 14.1. The highest BCUT2D eigenvalue weighted by atomic mass is 16.5. The number of hydrogen-bond donors (Lipinski definition) is 2. The molecule has 0 saturated carbocycles. The number of aromatic nitrogens is 1. The van der Waals surface area contributed by atoms with Gasteiger partial charge in [-0.25, -0.2) is 0 Å². The monoisotopic (exact) mass is 276 g/mol. The molecule has 106 valence electrons. The van der Waals surface area contributed by atoms with Crippen molar-refractivity contribution in [2.24, 2.45) is 0 Å². The lowest BCUT2D eigenvalue weighted by molar-refractivity contribution is 0.0916. The van der Waals surface area contributed by atoms with Crippen LogP contribution in [0.5, 0.6) is 0 Å². The molecule has 0 saturated heterocycles. The van der Waals surface area contributed by atoms with Gasteiger partial charge in [0.05, 0.1) is 11.8 Å². The van der Waals surface area contributed by atoms with Gasteiger partial charge in [-0.05, 0) is 24.6 Å². The molecule has 1 amide bonds. The number of furan rings is 1. The Kier molecular flexibility index (Phi) is 5.14. The predicted octanol–water partition coefficient (Wildman–Crippen LogP) is 1.30. The number of ether oxygens (including phenoxy) is 1. The van der Waals surface area contributed by atoms with Gasteiger partial charge in [0.2, 0.25) is 5.56 Å². The SMILES string of the molecule is O=C(NCCCOCc1ccco1)c1ccc(=O)[nH]c1. The van der Waals surface area contributed by atoms with Crippen molar-refractivity contribution < 1.29 is 13.9 Å². The molecule has 6 nitrogen and oxygen atoms in total. The molecule has 0 atom stereocenters. The van der Waals surface area contributed by atoms with E-state index >= 15 is 0 Å². The summed E-state index contributed by atoms with van der Waals surface area (Å²) in [4.78, 5) is 25.0. The van der Waals surface area contributed by atoms with Crippen molar-refractivity contribution >= 4 is 5.91 Å². The largest absolute Gasteiger partial charge is 0.467 e. The van der Waals surface area contributed by atoms with Gasteiger partial charge in [0, 0.05) is 25.4 Å². The highest BCUT2D eigenvalue weighted by Gasteiger charge is 2.04. The van der Waals surface area contributed by atoms with E-state index in [4.69, 9.17) is 9.15 Å². The summed E-state index contributed by atoms with van der Waals surface area (Å²) >= 11 is 0. The van der Waals surface area contributed by atoms with Crippen molar-refractivity contribution in [2.45, 2.75) is 13.0 Å². The summed E-state index contributed by atoms with van der Waals surface area (Å²) in [6, 6.07) is 6.46. The number of pyridine rings is 1. The predicted molar refractivity (Wildman–Crippen MR) is 72.4 cm³/mol. The third kappa shape index (κ3) is 4.40. The highest BCUT2D eigenvalue weighted by molar-refractivity contribution is 5.93. The Morgan fingerprint density at radius 3 is 2.95 bits per heavy atom. The van der Waals surface area contributed by atoms with Crippen molar-refractivity contribution in [3.8, 4) is 0 Å². The molecular weight excluding hydrogens is 260 g/mol. The van der Waals surface area contributed by atoms with Crippen molar-refractivity contribution in [1.82, 2.24) is 10.3 Å². The lowest BCUT2D eigenvalue weighted by Gasteiger charge is -2.05. The molecule has 0 unspecified atom stereocenters. The molecule has 0 aliphatic carbocycles. The average molecular weight is 276 g/mol. The quantitative estimate of drug-likeness (QED) is 0.747. The molecule has 0 bridgehead atoms. The molecule has 6 heteroatoms. The number of nitrogens with one attached hydrogen (secondary N) is 2. The molecule has 0 aromatic carbocycles. The van der Waals surface area contributed by atoms with Crippen LogP contribution in [0.25, 0.3) is 0 Å². The number of carbonyl (C=O) groups is 1. The lowest BCUT2D eigenvalue weighted by Crippen LogP contribution is -2.26. The Bertz CT molecular complexity index is 569. The van der Waals surface area contributed by atoms with E-state index in [-0.39, 0.29) is 11.5 Å². The van der Waals surface area contributed by atoms with E-state index in [2.05, 4.69) is 10.3 Å². The Morgan fingerprint density at radius 1 is 1.35 bits per heavy atom. The minimum Gasteiger partial charge on any atom is -0.467 e. The zero-order valence-corrected chi connectivity index (χ0v) is 10.9. The molecule has 0 aliphatic heterocycles. The molecule has 0 radical (unpaired) electrons. The van der Waals surface area contributed by atoms with Crippen LogP contribution >= 0.6 is 0 Å². The second-order valence-corrected chi connectivity index (χ2v) is 4.18. The van der Waals surface area contributed by atoms with E-state index in [0.717, 1.165) is 5.76 Å². The fourth-order valence-corrected chi connectivity index (χ4v) is 1.60. The second-order valence-electron chi connectivity index (χ2n) is 4.18. The molecule has 0 fully saturated rings. The van der Waals surface area contributed by atoms with Gasteiger partial charge in [-0.2, -0.15) is 0 Å². The van der Waals surface area contributed by atoms with Crippen LogP contribution in [-0.4, -0.2) is 24.0 Å². The average Bonchev–Trinajstić information content (AvgIpc) is 2.96. The fourth-order valence-electron chi connectivity index (χ4n) is 1.60. The van der Waals surface area contributed by atoms with Gasteiger partial charge in [0.1, 0.15) is 12.4 Å². The Labute approximate surface area is 115 Å². The van der Waals surface area contributed by atoms with Gasteiger partial charge in [-0.1, -0.05) is 0 Å². The lowest BCUT2D eigenvalue weighted by atomic mass is 10.2. The van der Waals surface area contributed by atoms with Crippen molar-refractivity contribution in [2.75, 3.05) is 13.2 Å². The molecule has 2 aromatic heterocycles. The van der Waals surface area contributed by atoms with Gasteiger partial charge in [0.15, 0.2) is 0 Å². The number of amides is 1. The maximum atomic E-state index is 11.7. The normalized spacial score (nSPS) is 10.4. The van der Waals surface area contributed by atoms with Crippen molar-refractivity contribution in [3.63, 3.8) is 0 Å². The Morgan fingerprint density at radius 2 is 2.25 bits per heavy atom. The summed E-state index contributed by atoms with van der Waals surface area (Å²) < 4.78 is 10.5. The highest BCUT2D eigenvalue weighted by Crippen LogP contribution is 2.01. The van der Waals surface area contributed by atoms with Gasteiger partial charge in [0.25, 0.3) is 5.91 Å². The zero-order valence-electron chi connectivity index (χ0n) is 10.9. The standard InChI is InChI=1S/C14H16N2O4/c17-13-5-4-11(9-16-13)14(18)15-6-2-7-19-10-12-3-1-8-20-12/h1,3-5,8-9H,2,6-7,10H2,(H,15,18)(H,16,17). The third-order valence-electron chi connectivity index (χ3n) is 2.62. The molecule has 2 rings (SSSR count). The van der Waals surface area contributed by atoms with Crippen LogP contribution in [-0.2, 0) is 11.3 Å². The Hall–Kier alpha value is -2.34. The first-order valence-corrected chi connectivity index (χ1v) is 6.33. The van der Waals surface area contributed by atoms with Crippen LogP contribution < -0.4 is 10.9 Å². The minimum atomic E-state index is -0.229. The number of H-pyrrole nitrogens is 1. The van der Waals surface area contributed by atoms with Crippen molar-refractivity contribution in [1.29, 1.82) is 0 Å². The molecule has 0 aliphatic rings. The van der Waals surface area contributed by atoms with Gasteiger partial charge in [-0.15, -0.1) is 0 Å². The molecule has 2 N–H and O–H groups in total. The van der Waals surface area contributed by atoms with Crippen LogP contribution in [0, 0.1) is 0 Å². The summed E-state index contributed by atoms with van der Waals surface area (Å²) in [5.41, 5.74) is 0.203. The van der Waals surface area contributed by atoms with E-state index in [1.807, 2.05) is 12.1 Å². The van der Waals surface area contributed by atoms with E-state index < -0.39 is 0 Å². The summed E-state index contributed by atoms with van der Waals surface area (Å²) in [6.45, 7) is 1.48. The molecule has 2 aromatic rings. The van der Waals surface area contributed by atoms with Crippen molar-refractivity contribution in [3.05, 3.63) is 58.4 Å². The van der Waals surface area contributed by atoms with E-state index in [1.54, 1.807) is 6.26 Å². The fraction of sp³-hybridized carbons (Fsp3) is 0.286. The molecule has 2 heterocycles. The molecule has 0 spiro atoms. The van der Waals surface area contributed by atoms with Crippen LogP contribution in [0.2, 0.25) is 0 Å². The summed E-state index contributed by atoms with van der Waals surface area (Å²) in [6.07, 6.45) is 3.70. The van der Waals surface area contributed by atoms with E-state index in [9.17, 15) is 9.59 Å². The van der Waals surface area contributed by atoms with Crippen LogP contribution in [0.4, 0.5) is 0 Å². The summed E-state index contributed by atoms with van der Waals surface area (Å²) in [5, 5.41) is 2.75. The minimum absolute atomic E-state index is 0.215. The third-order valence-corrected chi connectivity index (χ3v) is 2.62. The van der Waals surface area contributed by atoms with E-state index in [0.29, 0.717) is 31.7 Å². The Balaban J connectivity index is 1.60. The van der Waals surface area contributed by atoms with Gasteiger partial charge < -0.3 is 19.5 Å². The molecule has 20 heavy (non-hydrogen) atoms. The summed E-state index contributed by atoms with van der Waals surface area (Å²) in [7, 11) is 0. The number of aromatic amines is 1. The number of carbonyl (C=O) groups excluding carboxylic acids is 1. The number of hydrogen-bond acceptors (Lipinski definition) is 4. The zero-order chi connectivity index (χ0) is 14.2. The van der Waals surface area contributed by atoms with Gasteiger partial charge >= 0.3 is 0 Å². The first-order chi connectivity index (χ1) is 9.75. The first-order valence-electron chi connectivity index (χ1n) is 6.33. The van der Waals surface area contributed by atoms with Crippen LogP contribution in [0.3, 0.4) is 0 Å². The maximum absolute atomic E-state index is 11.7. The smallest absolute Gasteiger partial charge is 0.252 e. The molecular formula is C14H16N2O4. The van der Waals surface area contributed by atoms with Crippen LogP contribution in [0.1, 0.15) is 22.5 Å². The summed E-state index contributed by atoms with van der Waals surface area (Å²) in [5.74, 6) is 0.564. The number of rotatable bonds is 7. The van der Waals surface area contributed by atoms with Crippen LogP contribution in [0.15, 0.2) is 45.9 Å². The second kappa shape index (κ2) is 7.30. The van der Waals surface area contributed by atoms with E-state index in [1.165, 1.54) is 18.3 Å². The van der Waals surface area contributed by atoms with Gasteiger partial charge in [-0.3, -0.25) is 9.59 Å².